The van der Waals surface area contributed by atoms with Crippen molar-refractivity contribution in [3.63, 3.8) is 0 Å². The van der Waals surface area contributed by atoms with E-state index in [2.05, 4.69) is 10.0 Å². The second-order valence-electron chi connectivity index (χ2n) is 6.27. The van der Waals surface area contributed by atoms with E-state index in [-0.39, 0.29) is 23.6 Å². The van der Waals surface area contributed by atoms with Crippen molar-refractivity contribution in [2.45, 2.75) is 24.3 Å². The van der Waals surface area contributed by atoms with Crippen LogP contribution in [-0.4, -0.2) is 32.9 Å². The van der Waals surface area contributed by atoms with Gasteiger partial charge in [0.25, 0.3) is 5.91 Å². The highest BCUT2D eigenvalue weighted by Gasteiger charge is 2.26. The molecule has 0 radical (unpaired) electrons. The second kappa shape index (κ2) is 7.56. The van der Waals surface area contributed by atoms with E-state index in [1.165, 1.54) is 31.2 Å². The van der Waals surface area contributed by atoms with Crippen LogP contribution in [0.2, 0.25) is 0 Å². The average Bonchev–Trinajstić information content (AvgIpc) is 2.62. The smallest absolute Gasteiger partial charge is 0.262 e. The summed E-state index contributed by atoms with van der Waals surface area (Å²) in [6, 6.07) is 6.08. The van der Waals surface area contributed by atoms with E-state index in [4.69, 9.17) is 4.74 Å². The number of rotatable bonds is 6. The number of ether oxygens (including phenoxy) is 1. The van der Waals surface area contributed by atoms with Gasteiger partial charge in [-0.2, -0.15) is 0 Å². The predicted molar refractivity (Wildman–Crippen MR) is 94.5 cm³/mol. The van der Waals surface area contributed by atoms with Crippen molar-refractivity contribution in [3.8, 4) is 5.75 Å². The number of hydrogen-bond acceptors (Lipinski definition) is 6. The van der Waals surface area contributed by atoms with E-state index in [1.807, 2.05) is 0 Å². The molecule has 1 heterocycles. The van der Waals surface area contributed by atoms with Crippen LogP contribution in [0.25, 0.3) is 0 Å². The third-order valence-electron chi connectivity index (χ3n) is 4.13. The monoisotopic (exact) mass is 407 g/mol. The molecule has 2 N–H and O–H groups in total. The molecule has 28 heavy (non-hydrogen) atoms. The van der Waals surface area contributed by atoms with Crippen LogP contribution in [0.5, 0.6) is 5.75 Å². The first-order valence-corrected chi connectivity index (χ1v) is 9.69. The van der Waals surface area contributed by atoms with Crippen LogP contribution in [-0.2, 0) is 26.0 Å². The van der Waals surface area contributed by atoms with Gasteiger partial charge in [-0.25, -0.2) is 17.5 Å². The third kappa shape index (κ3) is 4.29. The van der Waals surface area contributed by atoms with Crippen LogP contribution in [0.15, 0.2) is 41.3 Å². The lowest BCUT2D eigenvalue weighted by atomic mass is 10.1. The summed E-state index contributed by atoms with van der Waals surface area (Å²) in [5.41, 5.74) is 0.896. The number of carbonyl (C=O) groups excluding carboxylic acids is 2. The average molecular weight is 407 g/mol. The molecular formula is C18H16FN2O6S-. The zero-order valence-corrected chi connectivity index (χ0v) is 15.5. The van der Waals surface area contributed by atoms with E-state index in [9.17, 15) is 27.5 Å². The minimum absolute atomic E-state index is 0.172. The second-order valence-corrected chi connectivity index (χ2v) is 7.96. The van der Waals surface area contributed by atoms with Gasteiger partial charge in [0, 0.05) is 0 Å². The fourth-order valence-electron chi connectivity index (χ4n) is 2.78. The summed E-state index contributed by atoms with van der Waals surface area (Å²) in [5.74, 6) is -2.24. The first-order chi connectivity index (χ1) is 13.2. The van der Waals surface area contributed by atoms with Crippen LogP contribution in [0, 0.1) is 12.7 Å². The van der Waals surface area contributed by atoms with Crippen molar-refractivity contribution in [1.82, 2.24) is 4.72 Å². The van der Waals surface area contributed by atoms with Gasteiger partial charge in [0.15, 0.2) is 6.61 Å². The molecule has 0 spiro atoms. The van der Waals surface area contributed by atoms with Crippen LogP contribution >= 0.6 is 0 Å². The number of carboxylic acid groups (broad SMARTS) is 1. The molecule has 0 unspecified atom stereocenters. The lowest BCUT2D eigenvalue weighted by Gasteiger charge is -2.23. The summed E-state index contributed by atoms with van der Waals surface area (Å²) in [5, 5.41) is 14.0. The van der Waals surface area contributed by atoms with Gasteiger partial charge in [0.1, 0.15) is 11.6 Å². The Balaban J connectivity index is 1.88. The Bertz CT molecular complexity index is 1040. The molecule has 8 nitrogen and oxygen atoms in total. The zero-order valence-electron chi connectivity index (χ0n) is 14.7. The molecule has 2 aromatic rings. The molecule has 0 saturated heterocycles. The van der Waals surface area contributed by atoms with E-state index >= 15 is 0 Å². The van der Waals surface area contributed by atoms with E-state index in [0.29, 0.717) is 16.9 Å². The lowest BCUT2D eigenvalue weighted by Crippen LogP contribution is -2.49. The number of nitrogens with one attached hydrogen (secondary N) is 2. The van der Waals surface area contributed by atoms with Crippen molar-refractivity contribution in [1.29, 1.82) is 0 Å². The van der Waals surface area contributed by atoms with Crippen molar-refractivity contribution in [2.75, 3.05) is 11.9 Å². The molecule has 0 saturated carbocycles. The molecule has 10 heteroatoms. The number of amides is 1. The van der Waals surface area contributed by atoms with Crippen molar-refractivity contribution < 1.29 is 32.2 Å². The Morgan fingerprint density at radius 3 is 2.64 bits per heavy atom. The van der Waals surface area contributed by atoms with Gasteiger partial charge in [-0.1, -0.05) is 12.1 Å². The quantitative estimate of drug-likeness (QED) is 0.700. The maximum atomic E-state index is 13.0. The van der Waals surface area contributed by atoms with Crippen LogP contribution in [0.1, 0.15) is 11.1 Å². The number of halogens is 1. The summed E-state index contributed by atoms with van der Waals surface area (Å²) in [7, 11) is -4.27. The normalized spacial score (nSPS) is 14.6. The van der Waals surface area contributed by atoms with Crippen molar-refractivity contribution in [3.05, 3.63) is 53.3 Å². The summed E-state index contributed by atoms with van der Waals surface area (Å²) < 4.78 is 45.9. The molecule has 3 rings (SSSR count). The van der Waals surface area contributed by atoms with Crippen molar-refractivity contribution in [2.24, 2.45) is 0 Å². The Hall–Kier alpha value is -2.98. The SMILES string of the molecule is Cc1cc2c(cc1S(=O)(=O)N[C@@H](Cc1ccc(F)cc1)C(=O)[O-])NC(=O)CO2. The minimum Gasteiger partial charge on any atom is -0.548 e. The highest BCUT2D eigenvalue weighted by atomic mass is 32.2. The van der Waals surface area contributed by atoms with Crippen molar-refractivity contribution >= 4 is 27.6 Å². The summed E-state index contributed by atoms with van der Waals surface area (Å²) in [4.78, 5) is 22.7. The number of anilines is 1. The van der Waals surface area contributed by atoms with Crippen LogP contribution in [0.3, 0.4) is 0 Å². The van der Waals surface area contributed by atoms with Gasteiger partial charge < -0.3 is 20.0 Å². The Kier molecular flexibility index (Phi) is 5.34. The van der Waals surface area contributed by atoms with E-state index in [0.717, 1.165) is 12.1 Å². The molecule has 148 valence electrons. The van der Waals surface area contributed by atoms with Gasteiger partial charge in [0.2, 0.25) is 10.0 Å². The maximum Gasteiger partial charge on any atom is 0.262 e. The maximum absolute atomic E-state index is 13.0. The lowest BCUT2D eigenvalue weighted by molar-refractivity contribution is -0.307. The highest BCUT2D eigenvalue weighted by molar-refractivity contribution is 7.89. The first-order valence-electron chi connectivity index (χ1n) is 8.20. The van der Waals surface area contributed by atoms with E-state index < -0.39 is 33.8 Å². The summed E-state index contributed by atoms with van der Waals surface area (Å²) in [6.07, 6.45) is -0.230. The molecule has 1 aliphatic rings. The first kappa shape index (κ1) is 19.8. The largest absolute Gasteiger partial charge is 0.548 e. The minimum atomic E-state index is -4.27. The Morgan fingerprint density at radius 1 is 1.32 bits per heavy atom. The van der Waals surface area contributed by atoms with Crippen LogP contribution < -0.4 is 19.9 Å². The predicted octanol–water partition coefficient (Wildman–Crippen LogP) is 0.105. The summed E-state index contributed by atoms with van der Waals surface area (Å²) in [6.45, 7) is 1.34. The number of fused-ring (bicyclic) bond motifs is 1. The van der Waals surface area contributed by atoms with Gasteiger partial charge in [-0.05, 0) is 48.7 Å². The number of sulfonamides is 1. The highest BCUT2D eigenvalue weighted by Crippen LogP contribution is 2.32. The molecule has 1 atom stereocenters. The fourth-order valence-corrected chi connectivity index (χ4v) is 4.21. The van der Waals surface area contributed by atoms with Gasteiger partial charge >= 0.3 is 0 Å². The molecule has 0 bridgehead atoms. The molecule has 0 fully saturated rings. The summed E-state index contributed by atoms with van der Waals surface area (Å²) >= 11 is 0. The van der Waals surface area contributed by atoms with E-state index in [1.54, 1.807) is 0 Å². The molecule has 1 aliphatic heterocycles. The molecular weight excluding hydrogens is 391 g/mol. The number of benzene rings is 2. The van der Waals surface area contributed by atoms with Gasteiger partial charge in [-0.15, -0.1) is 0 Å². The number of aliphatic carboxylic acids is 1. The number of carboxylic acids is 1. The molecule has 1 amide bonds. The molecule has 2 aromatic carbocycles. The third-order valence-corrected chi connectivity index (χ3v) is 5.75. The topological polar surface area (TPSA) is 125 Å². The number of carbonyl (C=O) groups is 2. The Morgan fingerprint density at radius 2 is 2.00 bits per heavy atom. The molecule has 0 aliphatic carbocycles. The number of hydrogen-bond donors (Lipinski definition) is 2. The molecule has 0 aromatic heterocycles. The standard InChI is InChI=1S/C18H17FN2O6S/c1-10-6-15-13(20-17(22)9-27-15)8-16(10)28(25,26)21-14(18(23)24)7-11-2-4-12(19)5-3-11/h2-6,8,14,21H,7,9H2,1H3,(H,20,22)(H,23,24)/p-1/t14-/m0/s1. The van der Waals surface area contributed by atoms with Gasteiger partial charge in [0.05, 0.1) is 22.6 Å². The fraction of sp³-hybridized carbons (Fsp3) is 0.222. The zero-order chi connectivity index (χ0) is 20.5. The number of aryl methyl sites for hydroxylation is 1. The Labute approximate surface area is 160 Å². The van der Waals surface area contributed by atoms with Crippen LogP contribution in [0.4, 0.5) is 10.1 Å². The van der Waals surface area contributed by atoms with Gasteiger partial charge in [-0.3, -0.25) is 4.79 Å².